The number of nitrogens with zero attached hydrogens (tertiary/aromatic N) is 1. The van der Waals surface area contributed by atoms with Crippen LogP contribution in [0, 0.1) is 0 Å². The number of carbonyl (C=O) groups excluding carboxylic acids is 2. The fraction of sp³-hybridized carbons (Fsp3) is 0.500. The van der Waals surface area contributed by atoms with Crippen molar-refractivity contribution in [1.29, 1.82) is 0 Å². The highest BCUT2D eigenvalue weighted by molar-refractivity contribution is 7.91. The summed E-state index contributed by atoms with van der Waals surface area (Å²) in [5.74, 6) is -0.728. The molecule has 23 heavy (non-hydrogen) atoms. The minimum atomic E-state index is -3.06. The van der Waals surface area contributed by atoms with Gasteiger partial charge < -0.3 is 10.2 Å². The maximum atomic E-state index is 13.0. The Morgan fingerprint density at radius 2 is 2.09 bits per heavy atom. The molecule has 0 aliphatic carbocycles. The first-order valence-electron chi connectivity index (χ1n) is 7.81. The van der Waals surface area contributed by atoms with Gasteiger partial charge >= 0.3 is 0 Å². The van der Waals surface area contributed by atoms with Gasteiger partial charge in [-0.25, -0.2) is 8.42 Å². The van der Waals surface area contributed by atoms with Gasteiger partial charge in [-0.05, 0) is 25.0 Å². The van der Waals surface area contributed by atoms with Gasteiger partial charge in [0.25, 0.3) is 0 Å². The average Bonchev–Trinajstić information content (AvgIpc) is 2.86. The van der Waals surface area contributed by atoms with Crippen LogP contribution in [0.15, 0.2) is 24.3 Å². The molecule has 0 saturated carbocycles. The second kappa shape index (κ2) is 5.96. The summed E-state index contributed by atoms with van der Waals surface area (Å²) >= 11 is 0. The van der Waals surface area contributed by atoms with Crippen molar-refractivity contribution in [2.45, 2.75) is 31.7 Å². The highest BCUT2D eigenvalue weighted by Gasteiger charge is 2.39. The van der Waals surface area contributed by atoms with Crippen molar-refractivity contribution < 1.29 is 18.0 Å². The molecule has 2 amide bonds. The number of anilines is 1. The van der Waals surface area contributed by atoms with Crippen molar-refractivity contribution in [3.05, 3.63) is 29.8 Å². The molecule has 2 heterocycles. The number of carbonyl (C=O) groups is 2. The molecular formula is C16H20N2O4S. The van der Waals surface area contributed by atoms with Gasteiger partial charge in [0, 0.05) is 24.7 Å². The summed E-state index contributed by atoms with van der Waals surface area (Å²) in [5, 5.41) is 2.78. The lowest BCUT2D eigenvalue weighted by Gasteiger charge is -2.33. The number of nitrogens with one attached hydrogen (secondary N) is 1. The maximum Gasteiger partial charge on any atom is 0.230 e. The largest absolute Gasteiger partial charge is 0.338 e. The lowest BCUT2D eigenvalue weighted by molar-refractivity contribution is -0.136. The van der Waals surface area contributed by atoms with E-state index in [0.717, 1.165) is 5.56 Å². The van der Waals surface area contributed by atoms with Crippen LogP contribution < -0.4 is 5.32 Å². The normalized spacial score (nSPS) is 25.5. The summed E-state index contributed by atoms with van der Waals surface area (Å²) in [7, 11) is -3.06. The summed E-state index contributed by atoms with van der Waals surface area (Å²) in [5.41, 5.74) is 1.47. The second-order valence-electron chi connectivity index (χ2n) is 6.07. The summed E-state index contributed by atoms with van der Waals surface area (Å²) in [6.45, 7) is 2.29. The molecule has 2 aliphatic heterocycles. The summed E-state index contributed by atoms with van der Waals surface area (Å²) in [6.07, 6.45) is 0.578. The predicted octanol–water partition coefficient (Wildman–Crippen LogP) is 1.15. The fourth-order valence-electron chi connectivity index (χ4n) is 3.45. The molecule has 6 nitrogen and oxygen atoms in total. The van der Waals surface area contributed by atoms with Crippen molar-refractivity contribution in [3.63, 3.8) is 0 Å². The van der Waals surface area contributed by atoms with E-state index in [1.165, 1.54) is 0 Å². The van der Waals surface area contributed by atoms with E-state index in [0.29, 0.717) is 18.7 Å². The number of fused-ring (bicyclic) bond motifs is 1. The fourth-order valence-corrected chi connectivity index (χ4v) is 5.18. The lowest BCUT2D eigenvalue weighted by Crippen LogP contribution is -2.45. The SMILES string of the molecule is CCN(C(=O)C1CC(=O)Nc2ccccc21)C1CCS(=O)(=O)C1. The molecule has 2 unspecified atom stereocenters. The minimum Gasteiger partial charge on any atom is -0.338 e. The molecule has 0 bridgehead atoms. The van der Waals surface area contributed by atoms with Crippen LogP contribution in [0.2, 0.25) is 0 Å². The Hall–Kier alpha value is -1.89. The molecule has 1 aromatic carbocycles. The van der Waals surface area contributed by atoms with E-state index in [2.05, 4.69) is 5.32 Å². The summed E-state index contributed by atoms with van der Waals surface area (Å²) < 4.78 is 23.4. The van der Waals surface area contributed by atoms with Crippen LogP contribution in [-0.4, -0.2) is 49.2 Å². The van der Waals surface area contributed by atoms with Gasteiger partial charge in [-0.1, -0.05) is 18.2 Å². The van der Waals surface area contributed by atoms with Gasteiger partial charge in [-0.3, -0.25) is 9.59 Å². The Morgan fingerprint density at radius 3 is 2.74 bits per heavy atom. The Morgan fingerprint density at radius 1 is 1.35 bits per heavy atom. The molecule has 0 radical (unpaired) electrons. The van der Waals surface area contributed by atoms with E-state index in [-0.39, 0.29) is 35.8 Å². The van der Waals surface area contributed by atoms with Crippen LogP contribution in [0.3, 0.4) is 0 Å². The molecular weight excluding hydrogens is 316 g/mol. The molecule has 1 fully saturated rings. The smallest absolute Gasteiger partial charge is 0.230 e. The Bertz CT molecular complexity index is 744. The Labute approximate surface area is 135 Å². The first-order valence-corrected chi connectivity index (χ1v) is 9.63. The van der Waals surface area contributed by atoms with Crippen LogP contribution in [0.5, 0.6) is 0 Å². The van der Waals surface area contributed by atoms with E-state index in [1.807, 2.05) is 25.1 Å². The minimum absolute atomic E-state index is 0.0210. The number of sulfone groups is 1. The van der Waals surface area contributed by atoms with Gasteiger partial charge in [0.2, 0.25) is 11.8 Å². The monoisotopic (exact) mass is 336 g/mol. The molecule has 1 N–H and O–H groups in total. The average molecular weight is 336 g/mol. The predicted molar refractivity (Wildman–Crippen MR) is 86.9 cm³/mol. The number of amides is 2. The van der Waals surface area contributed by atoms with Crippen molar-refractivity contribution in [1.82, 2.24) is 4.90 Å². The van der Waals surface area contributed by atoms with Crippen molar-refractivity contribution in [2.24, 2.45) is 0 Å². The highest BCUT2D eigenvalue weighted by atomic mass is 32.2. The molecule has 1 saturated heterocycles. The molecule has 2 atom stereocenters. The number of hydrogen-bond donors (Lipinski definition) is 1. The highest BCUT2D eigenvalue weighted by Crippen LogP contribution is 2.34. The van der Waals surface area contributed by atoms with Gasteiger partial charge in [-0.15, -0.1) is 0 Å². The first kappa shape index (κ1) is 16.0. The lowest BCUT2D eigenvalue weighted by atomic mass is 9.89. The van der Waals surface area contributed by atoms with Gasteiger partial charge in [0.1, 0.15) is 0 Å². The molecule has 7 heteroatoms. The van der Waals surface area contributed by atoms with Crippen molar-refractivity contribution in [2.75, 3.05) is 23.4 Å². The van der Waals surface area contributed by atoms with Crippen molar-refractivity contribution >= 4 is 27.3 Å². The number of benzene rings is 1. The van der Waals surface area contributed by atoms with E-state index >= 15 is 0 Å². The molecule has 0 spiro atoms. The zero-order chi connectivity index (χ0) is 16.6. The Kier molecular flexibility index (Phi) is 4.14. The standard InChI is InChI=1S/C16H20N2O4S/c1-2-18(11-7-8-23(21,22)10-11)16(20)13-9-15(19)17-14-6-4-3-5-12(13)14/h3-6,11,13H,2,7-10H2,1H3,(H,17,19). The third-order valence-corrected chi connectivity index (χ3v) is 6.32. The van der Waals surface area contributed by atoms with E-state index in [4.69, 9.17) is 0 Å². The van der Waals surface area contributed by atoms with Crippen LogP contribution in [0.1, 0.15) is 31.2 Å². The number of hydrogen-bond acceptors (Lipinski definition) is 4. The van der Waals surface area contributed by atoms with Crippen LogP contribution >= 0.6 is 0 Å². The molecule has 2 aliphatic rings. The zero-order valence-electron chi connectivity index (χ0n) is 13.0. The van der Waals surface area contributed by atoms with Gasteiger partial charge in [0.15, 0.2) is 9.84 Å². The third kappa shape index (κ3) is 3.10. The van der Waals surface area contributed by atoms with Gasteiger partial charge in [0.05, 0.1) is 17.4 Å². The van der Waals surface area contributed by atoms with E-state index in [9.17, 15) is 18.0 Å². The zero-order valence-corrected chi connectivity index (χ0v) is 13.8. The Balaban J connectivity index is 1.88. The molecule has 1 aromatic rings. The van der Waals surface area contributed by atoms with E-state index < -0.39 is 15.8 Å². The van der Waals surface area contributed by atoms with Crippen LogP contribution in [-0.2, 0) is 19.4 Å². The molecule has 124 valence electrons. The maximum absolute atomic E-state index is 13.0. The van der Waals surface area contributed by atoms with E-state index in [1.54, 1.807) is 11.0 Å². The summed E-state index contributed by atoms with van der Waals surface area (Å²) in [4.78, 5) is 26.5. The van der Waals surface area contributed by atoms with Crippen LogP contribution in [0.4, 0.5) is 5.69 Å². The third-order valence-electron chi connectivity index (χ3n) is 4.57. The molecule has 0 aromatic heterocycles. The molecule has 3 rings (SSSR count). The number of rotatable bonds is 3. The summed E-state index contributed by atoms with van der Waals surface area (Å²) in [6, 6.07) is 6.99. The topological polar surface area (TPSA) is 83.6 Å². The van der Waals surface area contributed by atoms with Crippen LogP contribution in [0.25, 0.3) is 0 Å². The second-order valence-corrected chi connectivity index (χ2v) is 8.30. The number of likely N-dealkylation sites (N-methyl/N-ethyl adjacent to an activating group) is 1. The van der Waals surface area contributed by atoms with Crippen molar-refractivity contribution in [3.8, 4) is 0 Å². The first-order chi connectivity index (χ1) is 10.9. The number of para-hydroxylation sites is 1. The van der Waals surface area contributed by atoms with Gasteiger partial charge in [-0.2, -0.15) is 0 Å². The quantitative estimate of drug-likeness (QED) is 0.897.